The van der Waals surface area contributed by atoms with Gasteiger partial charge >= 0.3 is 0 Å². The van der Waals surface area contributed by atoms with Gasteiger partial charge in [-0.3, -0.25) is 19.3 Å². The van der Waals surface area contributed by atoms with Gasteiger partial charge in [-0.15, -0.1) is 0 Å². The van der Waals surface area contributed by atoms with Crippen molar-refractivity contribution in [2.75, 3.05) is 16.8 Å². The monoisotopic (exact) mass is 422 g/mol. The van der Waals surface area contributed by atoms with E-state index in [2.05, 4.69) is 26.1 Å². The Morgan fingerprint density at radius 2 is 1.77 bits per heavy atom. The van der Waals surface area contributed by atoms with Crippen molar-refractivity contribution >= 4 is 29.0 Å². The first-order valence-corrected chi connectivity index (χ1v) is 10.7. The van der Waals surface area contributed by atoms with Crippen molar-refractivity contribution in [1.29, 1.82) is 0 Å². The highest BCUT2D eigenvalue weighted by atomic mass is 16.5. The van der Waals surface area contributed by atoms with Gasteiger partial charge in [-0.2, -0.15) is 0 Å². The second-order valence-electron chi connectivity index (χ2n) is 8.92. The van der Waals surface area contributed by atoms with Crippen LogP contribution in [-0.4, -0.2) is 30.2 Å². The smallest absolute Gasteiger partial charge is 0.268 e. The summed E-state index contributed by atoms with van der Waals surface area (Å²) in [5.41, 5.74) is 2.81. The fraction of sp³-hybridized carbons (Fsp3) is 0.400. The van der Waals surface area contributed by atoms with Crippen molar-refractivity contribution in [3.05, 3.63) is 53.6 Å². The number of carbonyl (C=O) groups excluding carboxylic acids is 3. The van der Waals surface area contributed by atoms with Crippen LogP contribution in [0.3, 0.4) is 0 Å². The Labute approximate surface area is 183 Å². The molecule has 6 heteroatoms. The largest absolute Gasteiger partial charge is 0.479 e. The lowest BCUT2D eigenvalue weighted by molar-refractivity contribution is -0.127. The van der Waals surface area contributed by atoms with E-state index >= 15 is 0 Å². The van der Waals surface area contributed by atoms with Crippen LogP contribution in [0.4, 0.5) is 11.4 Å². The minimum Gasteiger partial charge on any atom is -0.479 e. The number of hydrogen-bond acceptors (Lipinski definition) is 4. The molecule has 6 nitrogen and oxygen atoms in total. The summed E-state index contributed by atoms with van der Waals surface area (Å²) in [5, 5.41) is 2.85. The Bertz CT molecular complexity index is 990. The Morgan fingerprint density at radius 3 is 2.39 bits per heavy atom. The van der Waals surface area contributed by atoms with Gasteiger partial charge in [-0.1, -0.05) is 39.8 Å². The van der Waals surface area contributed by atoms with Crippen molar-refractivity contribution in [2.45, 2.75) is 59.0 Å². The van der Waals surface area contributed by atoms with Gasteiger partial charge < -0.3 is 10.1 Å². The number of amides is 2. The molecule has 1 heterocycles. The van der Waals surface area contributed by atoms with E-state index in [9.17, 15) is 14.4 Å². The third-order valence-electron chi connectivity index (χ3n) is 5.30. The molecule has 0 saturated carbocycles. The maximum absolute atomic E-state index is 12.8. The molecule has 1 N–H and O–H groups in total. The molecule has 0 radical (unpaired) electrons. The predicted octanol–water partition coefficient (Wildman–Crippen LogP) is 4.72. The van der Waals surface area contributed by atoms with E-state index < -0.39 is 6.10 Å². The molecule has 1 unspecified atom stereocenters. The molecule has 0 aromatic heterocycles. The van der Waals surface area contributed by atoms with E-state index in [1.807, 2.05) is 31.2 Å². The van der Waals surface area contributed by atoms with Gasteiger partial charge in [0.25, 0.3) is 5.91 Å². The molecule has 0 bridgehead atoms. The lowest BCUT2D eigenvalue weighted by Gasteiger charge is -2.32. The molecule has 31 heavy (non-hydrogen) atoms. The average Bonchev–Trinajstić information content (AvgIpc) is 2.71. The number of benzene rings is 2. The summed E-state index contributed by atoms with van der Waals surface area (Å²) in [6.45, 7) is 9.81. The fourth-order valence-electron chi connectivity index (χ4n) is 3.51. The van der Waals surface area contributed by atoms with Gasteiger partial charge in [0.05, 0.1) is 5.69 Å². The number of carbonyl (C=O) groups is 3. The molecule has 1 aliphatic rings. The number of hydrogen-bond donors (Lipinski definition) is 1. The number of nitrogens with zero attached hydrogens (tertiary/aromatic N) is 1. The molecule has 0 spiro atoms. The van der Waals surface area contributed by atoms with Crippen LogP contribution in [0.25, 0.3) is 0 Å². The molecular weight excluding hydrogens is 392 g/mol. The SMILES string of the molecule is CCCC(=O)c1ccc2c(c1)N(CC(=O)Nc1ccc(C(C)(C)C)cc1)C(=O)C(C)O2. The third-order valence-corrected chi connectivity index (χ3v) is 5.30. The molecule has 2 aromatic carbocycles. The van der Waals surface area contributed by atoms with Crippen molar-refractivity contribution in [3.63, 3.8) is 0 Å². The van der Waals surface area contributed by atoms with E-state index in [1.54, 1.807) is 25.1 Å². The summed E-state index contributed by atoms with van der Waals surface area (Å²) in [7, 11) is 0. The van der Waals surface area contributed by atoms with Crippen LogP contribution >= 0.6 is 0 Å². The number of rotatable bonds is 6. The lowest BCUT2D eigenvalue weighted by Crippen LogP contribution is -2.47. The predicted molar refractivity (Wildman–Crippen MR) is 122 cm³/mol. The van der Waals surface area contributed by atoms with Gasteiger partial charge in [-0.05, 0) is 54.7 Å². The van der Waals surface area contributed by atoms with Crippen LogP contribution in [0.2, 0.25) is 0 Å². The number of Topliss-reactive ketones (excluding diaryl/α,β-unsaturated/α-hetero) is 1. The van der Waals surface area contributed by atoms with E-state index in [4.69, 9.17) is 4.74 Å². The molecule has 1 atom stereocenters. The average molecular weight is 423 g/mol. The molecule has 0 saturated heterocycles. The number of nitrogens with one attached hydrogen (secondary N) is 1. The first-order chi connectivity index (χ1) is 14.6. The highest BCUT2D eigenvalue weighted by molar-refractivity contribution is 6.07. The van der Waals surface area contributed by atoms with Crippen LogP contribution in [0.15, 0.2) is 42.5 Å². The number of ether oxygens (including phenoxy) is 1. The topological polar surface area (TPSA) is 75.7 Å². The summed E-state index contributed by atoms with van der Waals surface area (Å²) >= 11 is 0. The minimum absolute atomic E-state index is 0.000268. The Morgan fingerprint density at radius 1 is 1.10 bits per heavy atom. The van der Waals surface area contributed by atoms with Gasteiger partial charge in [0.1, 0.15) is 12.3 Å². The minimum atomic E-state index is -0.705. The maximum atomic E-state index is 12.8. The first kappa shape index (κ1) is 22.5. The maximum Gasteiger partial charge on any atom is 0.268 e. The first-order valence-electron chi connectivity index (χ1n) is 10.7. The van der Waals surface area contributed by atoms with E-state index in [0.717, 1.165) is 6.42 Å². The number of anilines is 2. The Balaban J connectivity index is 1.80. The molecule has 0 aliphatic carbocycles. The van der Waals surface area contributed by atoms with Crippen molar-refractivity contribution in [1.82, 2.24) is 0 Å². The number of fused-ring (bicyclic) bond motifs is 1. The summed E-state index contributed by atoms with van der Waals surface area (Å²) in [6, 6.07) is 12.7. The van der Waals surface area contributed by atoms with Crippen LogP contribution < -0.4 is 15.0 Å². The number of ketones is 1. The van der Waals surface area contributed by atoms with E-state index in [1.165, 1.54) is 10.5 Å². The molecule has 164 valence electrons. The van der Waals surface area contributed by atoms with Gasteiger partial charge in [0.2, 0.25) is 5.91 Å². The van der Waals surface area contributed by atoms with Crippen LogP contribution in [0.1, 0.15) is 63.4 Å². The zero-order chi connectivity index (χ0) is 22.8. The van der Waals surface area contributed by atoms with Gasteiger partial charge in [-0.25, -0.2) is 0 Å². The van der Waals surface area contributed by atoms with Gasteiger partial charge in [0.15, 0.2) is 11.9 Å². The molecule has 1 aliphatic heterocycles. The van der Waals surface area contributed by atoms with E-state index in [0.29, 0.717) is 29.1 Å². The van der Waals surface area contributed by atoms with Crippen molar-refractivity contribution in [3.8, 4) is 5.75 Å². The summed E-state index contributed by atoms with van der Waals surface area (Å²) in [5.74, 6) is -0.143. The zero-order valence-electron chi connectivity index (χ0n) is 18.8. The summed E-state index contributed by atoms with van der Waals surface area (Å²) in [6.07, 6.45) is 0.459. The second-order valence-corrected chi connectivity index (χ2v) is 8.92. The van der Waals surface area contributed by atoms with Crippen molar-refractivity contribution < 1.29 is 19.1 Å². The quantitative estimate of drug-likeness (QED) is 0.684. The summed E-state index contributed by atoms with van der Waals surface area (Å²) < 4.78 is 5.68. The lowest BCUT2D eigenvalue weighted by atomic mass is 9.87. The molecule has 3 rings (SSSR count). The van der Waals surface area contributed by atoms with Crippen LogP contribution in [0.5, 0.6) is 5.75 Å². The van der Waals surface area contributed by atoms with E-state index in [-0.39, 0.29) is 29.6 Å². The third kappa shape index (κ3) is 5.13. The van der Waals surface area contributed by atoms with Crippen molar-refractivity contribution in [2.24, 2.45) is 0 Å². The molecular formula is C25H30N2O4. The fourth-order valence-corrected chi connectivity index (χ4v) is 3.51. The van der Waals surface area contributed by atoms with Crippen LogP contribution in [0, 0.1) is 0 Å². The Kier molecular flexibility index (Phi) is 6.48. The molecule has 2 aromatic rings. The standard InChI is InChI=1S/C25H30N2O4/c1-6-7-21(28)17-8-13-22-20(14-17)27(24(30)16(2)31-22)15-23(29)26-19-11-9-18(10-12-19)25(3,4)5/h8-14,16H,6-7,15H2,1-5H3,(H,26,29). The Hall–Kier alpha value is -3.15. The normalized spacial score (nSPS) is 15.8. The van der Waals surface area contributed by atoms with Gasteiger partial charge in [0, 0.05) is 17.7 Å². The zero-order valence-corrected chi connectivity index (χ0v) is 18.8. The second kappa shape index (κ2) is 8.92. The van der Waals surface area contributed by atoms with Crippen LogP contribution in [-0.2, 0) is 15.0 Å². The molecule has 0 fully saturated rings. The molecule has 2 amide bonds. The highest BCUT2D eigenvalue weighted by Crippen LogP contribution is 2.35. The highest BCUT2D eigenvalue weighted by Gasteiger charge is 2.33. The summed E-state index contributed by atoms with van der Waals surface area (Å²) in [4.78, 5) is 39.2.